The molecule has 3 heterocycles. The SMILES string of the molecule is COc1cccc(-n2nc(C(F)(F)F)cc2CNC(=O)Nc2ccc(N3CC(O)C3)nc2)c1. The monoisotopic (exact) mass is 462 g/mol. The summed E-state index contributed by atoms with van der Waals surface area (Å²) in [6, 6.07) is 10.0. The third-order valence-corrected chi connectivity index (χ3v) is 4.99. The molecule has 0 aliphatic carbocycles. The van der Waals surface area contributed by atoms with E-state index in [0.717, 1.165) is 10.7 Å². The number of aliphatic hydroxyl groups excluding tert-OH is 1. The minimum Gasteiger partial charge on any atom is -0.497 e. The van der Waals surface area contributed by atoms with Crippen LogP contribution in [-0.4, -0.2) is 52.2 Å². The molecule has 1 aliphatic heterocycles. The van der Waals surface area contributed by atoms with Gasteiger partial charge in [-0.15, -0.1) is 0 Å². The van der Waals surface area contributed by atoms with E-state index in [-0.39, 0.29) is 18.3 Å². The van der Waals surface area contributed by atoms with Crippen LogP contribution in [0.5, 0.6) is 5.75 Å². The molecular weight excluding hydrogens is 441 g/mol. The number of urea groups is 1. The number of aliphatic hydroxyl groups is 1. The Morgan fingerprint density at radius 2 is 2.03 bits per heavy atom. The Hall–Kier alpha value is -3.80. The number of anilines is 2. The molecule has 0 unspecified atom stereocenters. The summed E-state index contributed by atoms with van der Waals surface area (Å²) in [6.45, 7) is 0.797. The number of carbonyl (C=O) groups excluding carboxylic acids is 1. The maximum absolute atomic E-state index is 13.2. The summed E-state index contributed by atoms with van der Waals surface area (Å²) in [5, 5.41) is 18.1. The molecule has 2 amide bonds. The van der Waals surface area contributed by atoms with E-state index < -0.39 is 17.9 Å². The number of nitrogens with one attached hydrogen (secondary N) is 2. The standard InChI is InChI=1S/C21H21F3N6O3/c1-33-17-4-2-3-14(7-17)30-15(8-18(28-30)21(22,23)24)10-26-20(32)27-13-5-6-19(25-9-13)29-11-16(31)12-29/h2-9,16,31H,10-12H2,1H3,(H2,26,27,32). The first-order valence-electron chi connectivity index (χ1n) is 9.97. The summed E-state index contributed by atoms with van der Waals surface area (Å²) in [5.41, 5.74) is -0.165. The maximum atomic E-state index is 13.2. The molecule has 0 saturated carbocycles. The Balaban J connectivity index is 1.44. The third-order valence-electron chi connectivity index (χ3n) is 4.99. The van der Waals surface area contributed by atoms with Crippen molar-refractivity contribution in [2.75, 3.05) is 30.4 Å². The lowest BCUT2D eigenvalue weighted by atomic mass is 10.2. The van der Waals surface area contributed by atoms with Crippen LogP contribution in [0, 0.1) is 0 Å². The van der Waals surface area contributed by atoms with Gasteiger partial charge in [-0.3, -0.25) is 0 Å². The molecular formula is C21H21F3N6O3. The first-order chi connectivity index (χ1) is 15.7. The second-order valence-electron chi connectivity index (χ2n) is 7.40. The smallest absolute Gasteiger partial charge is 0.435 e. The fraction of sp³-hybridized carbons (Fsp3) is 0.286. The number of methoxy groups -OCH3 is 1. The number of β-amino-alcohol motifs (C(OH)–C–C–N with tert-alkyl or cyclic N) is 1. The van der Waals surface area contributed by atoms with Crippen LogP contribution in [0.4, 0.5) is 29.5 Å². The van der Waals surface area contributed by atoms with Gasteiger partial charge in [-0.1, -0.05) is 6.07 Å². The van der Waals surface area contributed by atoms with E-state index in [1.807, 2.05) is 4.90 Å². The Morgan fingerprint density at radius 3 is 2.67 bits per heavy atom. The molecule has 0 atom stereocenters. The van der Waals surface area contributed by atoms with Crippen LogP contribution < -0.4 is 20.3 Å². The highest BCUT2D eigenvalue weighted by Crippen LogP contribution is 2.30. The summed E-state index contributed by atoms with van der Waals surface area (Å²) in [4.78, 5) is 18.4. The molecule has 174 valence electrons. The van der Waals surface area contributed by atoms with Gasteiger partial charge in [0, 0.05) is 19.2 Å². The van der Waals surface area contributed by atoms with E-state index in [4.69, 9.17) is 4.74 Å². The van der Waals surface area contributed by atoms with Crippen molar-refractivity contribution in [1.82, 2.24) is 20.1 Å². The fourth-order valence-electron chi connectivity index (χ4n) is 3.29. The minimum absolute atomic E-state index is 0.135. The van der Waals surface area contributed by atoms with Crippen LogP contribution in [0.3, 0.4) is 0 Å². The predicted octanol–water partition coefficient (Wildman–Crippen LogP) is 2.80. The van der Waals surface area contributed by atoms with E-state index in [2.05, 4.69) is 20.7 Å². The Bertz CT molecular complexity index is 1130. The molecule has 12 heteroatoms. The number of pyridine rings is 1. The fourth-order valence-corrected chi connectivity index (χ4v) is 3.29. The molecule has 0 bridgehead atoms. The van der Waals surface area contributed by atoms with Gasteiger partial charge in [0.05, 0.1) is 43.0 Å². The third kappa shape index (κ3) is 5.17. The summed E-state index contributed by atoms with van der Waals surface area (Å²) < 4.78 is 46.0. The number of rotatable bonds is 6. The van der Waals surface area contributed by atoms with Gasteiger partial charge >= 0.3 is 12.2 Å². The molecule has 1 fully saturated rings. The summed E-state index contributed by atoms with van der Waals surface area (Å²) in [5.74, 6) is 1.13. The number of carbonyl (C=O) groups is 1. The predicted molar refractivity (Wildman–Crippen MR) is 113 cm³/mol. The van der Waals surface area contributed by atoms with Gasteiger partial charge in [-0.2, -0.15) is 18.3 Å². The van der Waals surface area contributed by atoms with Crippen molar-refractivity contribution in [3.8, 4) is 11.4 Å². The molecule has 3 N–H and O–H groups in total. The molecule has 1 saturated heterocycles. The number of alkyl halides is 3. The second-order valence-corrected chi connectivity index (χ2v) is 7.40. The highest BCUT2D eigenvalue weighted by molar-refractivity contribution is 5.89. The summed E-state index contributed by atoms with van der Waals surface area (Å²) in [6.07, 6.45) is -3.54. The number of halogens is 3. The van der Waals surface area contributed by atoms with Crippen LogP contribution in [0.25, 0.3) is 5.69 Å². The van der Waals surface area contributed by atoms with Gasteiger partial charge < -0.3 is 25.4 Å². The van der Waals surface area contributed by atoms with Gasteiger partial charge in [0.1, 0.15) is 11.6 Å². The zero-order chi connectivity index (χ0) is 23.6. The van der Waals surface area contributed by atoms with Crippen LogP contribution in [0.1, 0.15) is 11.4 Å². The van der Waals surface area contributed by atoms with Crippen LogP contribution in [0.2, 0.25) is 0 Å². The largest absolute Gasteiger partial charge is 0.497 e. The van der Waals surface area contributed by atoms with Gasteiger partial charge in [-0.05, 0) is 30.3 Å². The van der Waals surface area contributed by atoms with E-state index in [1.165, 1.54) is 13.3 Å². The van der Waals surface area contributed by atoms with Crippen molar-refractivity contribution in [2.24, 2.45) is 0 Å². The molecule has 1 aliphatic rings. The molecule has 2 aromatic heterocycles. The van der Waals surface area contributed by atoms with Crippen molar-refractivity contribution in [3.63, 3.8) is 0 Å². The molecule has 3 aromatic rings. The first-order valence-corrected chi connectivity index (χ1v) is 9.97. The Labute approximate surface area is 186 Å². The molecule has 33 heavy (non-hydrogen) atoms. The van der Waals surface area contributed by atoms with E-state index in [9.17, 15) is 23.1 Å². The van der Waals surface area contributed by atoms with E-state index >= 15 is 0 Å². The van der Waals surface area contributed by atoms with Crippen molar-refractivity contribution >= 4 is 17.5 Å². The average Bonchev–Trinajstić information content (AvgIpc) is 3.21. The average molecular weight is 462 g/mol. The second kappa shape index (κ2) is 8.98. The van der Waals surface area contributed by atoms with Crippen molar-refractivity contribution in [2.45, 2.75) is 18.8 Å². The zero-order valence-corrected chi connectivity index (χ0v) is 17.5. The highest BCUT2D eigenvalue weighted by atomic mass is 19.4. The lowest BCUT2D eigenvalue weighted by Crippen LogP contribution is -2.51. The topological polar surface area (TPSA) is 105 Å². The molecule has 9 nitrogen and oxygen atoms in total. The van der Waals surface area contributed by atoms with E-state index in [0.29, 0.717) is 36.0 Å². The number of aromatic nitrogens is 3. The summed E-state index contributed by atoms with van der Waals surface area (Å²) >= 11 is 0. The number of benzene rings is 1. The molecule has 0 radical (unpaired) electrons. The van der Waals surface area contributed by atoms with Crippen LogP contribution in [0.15, 0.2) is 48.7 Å². The first kappa shape index (κ1) is 22.4. The molecule has 4 rings (SSSR count). The quantitative estimate of drug-likeness (QED) is 0.521. The van der Waals surface area contributed by atoms with Gasteiger partial charge in [0.2, 0.25) is 0 Å². The number of amides is 2. The van der Waals surface area contributed by atoms with Crippen molar-refractivity contribution < 1.29 is 27.8 Å². The number of hydrogen-bond acceptors (Lipinski definition) is 6. The molecule has 1 aromatic carbocycles. The normalized spacial score (nSPS) is 14.0. The Morgan fingerprint density at radius 1 is 1.24 bits per heavy atom. The van der Waals surface area contributed by atoms with Gasteiger partial charge in [-0.25, -0.2) is 14.5 Å². The van der Waals surface area contributed by atoms with Gasteiger partial charge in [0.25, 0.3) is 0 Å². The van der Waals surface area contributed by atoms with Crippen molar-refractivity contribution in [3.05, 3.63) is 60.0 Å². The Kier molecular flexibility index (Phi) is 6.09. The number of nitrogens with zero attached hydrogens (tertiary/aromatic N) is 4. The number of ether oxygens (including phenoxy) is 1. The van der Waals surface area contributed by atoms with Crippen LogP contribution >= 0.6 is 0 Å². The van der Waals surface area contributed by atoms with Crippen molar-refractivity contribution in [1.29, 1.82) is 0 Å². The minimum atomic E-state index is -4.64. The van der Waals surface area contributed by atoms with Crippen LogP contribution in [-0.2, 0) is 12.7 Å². The maximum Gasteiger partial charge on any atom is 0.435 e. The lowest BCUT2D eigenvalue weighted by Gasteiger charge is -2.36. The summed E-state index contributed by atoms with van der Waals surface area (Å²) in [7, 11) is 1.45. The zero-order valence-electron chi connectivity index (χ0n) is 17.5. The van der Waals surface area contributed by atoms with E-state index in [1.54, 1.807) is 36.4 Å². The molecule has 0 spiro atoms. The highest BCUT2D eigenvalue weighted by Gasteiger charge is 2.35. The lowest BCUT2D eigenvalue weighted by molar-refractivity contribution is -0.141. The van der Waals surface area contributed by atoms with Gasteiger partial charge in [0.15, 0.2) is 5.69 Å². The number of hydrogen-bond donors (Lipinski definition) is 3.